The average Bonchev–Trinajstić information content (AvgIpc) is 3.24. The summed E-state index contributed by atoms with van der Waals surface area (Å²) in [4.78, 5) is 0. The fourth-order valence-electron chi connectivity index (χ4n) is 4.38. The predicted octanol–water partition coefficient (Wildman–Crippen LogP) is 7.00. The van der Waals surface area contributed by atoms with Crippen LogP contribution >= 0.6 is 15.9 Å². The van der Waals surface area contributed by atoms with Crippen LogP contribution in [0, 0.1) is 0 Å². The molecule has 0 N–H and O–H groups in total. The Hall–Kier alpha value is -2.79. The Bertz CT molecular complexity index is 1160. The third-order valence-electron chi connectivity index (χ3n) is 6.24. The maximum atomic E-state index is 6.51. The minimum absolute atomic E-state index is 0.112. The quantitative estimate of drug-likeness (QED) is 0.396. The maximum absolute atomic E-state index is 6.51. The fraction of sp³-hybridized carbons (Fsp3) is 0.296. The molecule has 0 aliphatic carbocycles. The van der Waals surface area contributed by atoms with Crippen LogP contribution < -0.4 is 9.47 Å². The van der Waals surface area contributed by atoms with Crippen LogP contribution in [0.1, 0.15) is 61.7 Å². The lowest BCUT2D eigenvalue weighted by molar-refractivity contribution is -0.0191. The minimum Gasteiger partial charge on any atom is -0.497 e. The molecular formula is C27H27BrN2O2. The highest BCUT2D eigenvalue weighted by Gasteiger charge is 2.41. The average molecular weight is 491 g/mol. The third kappa shape index (κ3) is 3.79. The van der Waals surface area contributed by atoms with Gasteiger partial charge in [0.15, 0.2) is 0 Å². The lowest BCUT2D eigenvalue weighted by atomic mass is 9.86. The molecule has 2 atom stereocenters. The molecule has 3 aromatic rings. The van der Waals surface area contributed by atoms with E-state index in [1.54, 1.807) is 7.11 Å². The van der Waals surface area contributed by atoms with Crippen molar-refractivity contribution < 1.29 is 9.47 Å². The molecule has 3 aromatic carbocycles. The molecule has 2 heterocycles. The Morgan fingerprint density at radius 1 is 1.00 bits per heavy atom. The van der Waals surface area contributed by atoms with Crippen molar-refractivity contribution in [2.45, 2.75) is 44.9 Å². The van der Waals surface area contributed by atoms with Gasteiger partial charge >= 0.3 is 0 Å². The Morgan fingerprint density at radius 2 is 1.72 bits per heavy atom. The summed E-state index contributed by atoms with van der Waals surface area (Å²) >= 11 is 3.62. The van der Waals surface area contributed by atoms with Crippen LogP contribution in [0.3, 0.4) is 0 Å². The lowest BCUT2D eigenvalue weighted by Crippen LogP contribution is -2.33. The standard InChI is InChI=1S/C27H27BrN2O2/c1-27(2,3)19-9-5-18(6-10-19)26-30-24(22-15-20(28)11-14-25(22)32-26)16-23(29-30)17-7-12-21(31-4)13-8-17/h5-15,24,26H,16H2,1-4H3/t24-,26-/m1/s1. The van der Waals surface area contributed by atoms with Crippen molar-refractivity contribution >= 4 is 21.6 Å². The highest BCUT2D eigenvalue weighted by molar-refractivity contribution is 9.10. The molecule has 0 saturated carbocycles. The molecule has 0 amide bonds. The summed E-state index contributed by atoms with van der Waals surface area (Å²) in [6.07, 6.45) is 0.564. The van der Waals surface area contributed by atoms with Crippen molar-refractivity contribution in [3.8, 4) is 11.5 Å². The van der Waals surface area contributed by atoms with Crippen molar-refractivity contribution in [2.75, 3.05) is 7.11 Å². The summed E-state index contributed by atoms with van der Waals surface area (Å²) in [5.41, 5.74) is 5.86. The molecule has 0 fully saturated rings. The summed E-state index contributed by atoms with van der Waals surface area (Å²) in [6, 6.07) is 23.2. The zero-order chi connectivity index (χ0) is 22.5. The van der Waals surface area contributed by atoms with E-state index in [0.717, 1.165) is 44.8 Å². The zero-order valence-electron chi connectivity index (χ0n) is 18.8. The second kappa shape index (κ2) is 7.96. The lowest BCUT2D eigenvalue weighted by Gasteiger charge is -2.38. The first-order valence-electron chi connectivity index (χ1n) is 10.9. The van der Waals surface area contributed by atoms with Gasteiger partial charge in [0.05, 0.1) is 18.9 Å². The monoisotopic (exact) mass is 490 g/mol. The van der Waals surface area contributed by atoms with Gasteiger partial charge in [-0.25, -0.2) is 5.01 Å². The minimum atomic E-state index is -0.265. The van der Waals surface area contributed by atoms with E-state index in [2.05, 4.69) is 90.2 Å². The summed E-state index contributed by atoms with van der Waals surface area (Å²) < 4.78 is 12.9. The molecule has 5 heteroatoms. The molecule has 164 valence electrons. The van der Waals surface area contributed by atoms with E-state index >= 15 is 0 Å². The van der Waals surface area contributed by atoms with Crippen molar-refractivity contribution in [1.82, 2.24) is 5.01 Å². The van der Waals surface area contributed by atoms with Gasteiger partial charge < -0.3 is 9.47 Å². The third-order valence-corrected chi connectivity index (χ3v) is 6.73. The highest BCUT2D eigenvalue weighted by Crippen LogP contribution is 2.48. The molecule has 0 unspecified atom stereocenters. The molecule has 5 rings (SSSR count). The number of ether oxygens (including phenoxy) is 2. The normalized spacial score (nSPS) is 19.7. The number of hydrogen-bond donors (Lipinski definition) is 0. The first-order chi connectivity index (χ1) is 15.3. The number of hydrogen-bond acceptors (Lipinski definition) is 4. The van der Waals surface area contributed by atoms with Crippen LogP contribution in [0.5, 0.6) is 11.5 Å². The van der Waals surface area contributed by atoms with Crippen molar-refractivity contribution in [2.24, 2.45) is 5.10 Å². The largest absolute Gasteiger partial charge is 0.497 e. The first-order valence-corrected chi connectivity index (χ1v) is 11.7. The molecule has 32 heavy (non-hydrogen) atoms. The molecule has 0 bridgehead atoms. The van der Waals surface area contributed by atoms with E-state index in [9.17, 15) is 0 Å². The van der Waals surface area contributed by atoms with Crippen molar-refractivity contribution in [3.63, 3.8) is 0 Å². The number of rotatable bonds is 3. The number of benzene rings is 3. The van der Waals surface area contributed by atoms with E-state index in [1.807, 2.05) is 18.2 Å². The van der Waals surface area contributed by atoms with Gasteiger partial charge in [0, 0.05) is 22.0 Å². The van der Waals surface area contributed by atoms with Crippen LogP contribution in [-0.4, -0.2) is 17.8 Å². The Kier molecular flexibility index (Phi) is 5.25. The molecule has 0 saturated heterocycles. The summed E-state index contributed by atoms with van der Waals surface area (Å²) in [5.74, 6) is 1.77. The van der Waals surface area contributed by atoms with Crippen LogP contribution in [0.25, 0.3) is 0 Å². The summed E-state index contributed by atoms with van der Waals surface area (Å²) in [7, 11) is 1.68. The van der Waals surface area contributed by atoms with E-state index in [4.69, 9.17) is 14.6 Å². The molecule has 4 nitrogen and oxygen atoms in total. The predicted molar refractivity (Wildman–Crippen MR) is 131 cm³/mol. The second-order valence-corrected chi connectivity index (χ2v) is 10.3. The van der Waals surface area contributed by atoms with Gasteiger partial charge in [0.2, 0.25) is 6.23 Å². The van der Waals surface area contributed by atoms with Gasteiger partial charge in [-0.3, -0.25) is 0 Å². The molecule has 0 spiro atoms. The van der Waals surface area contributed by atoms with Crippen LogP contribution in [0.4, 0.5) is 0 Å². The van der Waals surface area contributed by atoms with Crippen LogP contribution in [0.15, 0.2) is 76.3 Å². The Labute approximate surface area is 198 Å². The summed E-state index contributed by atoms with van der Waals surface area (Å²) in [5, 5.41) is 7.19. The first kappa shape index (κ1) is 21.1. The molecule has 0 radical (unpaired) electrons. The molecular weight excluding hydrogens is 464 g/mol. The van der Waals surface area contributed by atoms with Gasteiger partial charge in [-0.05, 0) is 59.0 Å². The fourth-order valence-corrected chi connectivity index (χ4v) is 4.76. The Balaban J connectivity index is 1.55. The number of halogens is 1. The Morgan fingerprint density at radius 3 is 2.38 bits per heavy atom. The van der Waals surface area contributed by atoms with Gasteiger partial charge in [0.1, 0.15) is 11.5 Å². The number of methoxy groups -OCH3 is 1. The second-order valence-electron chi connectivity index (χ2n) is 9.40. The van der Waals surface area contributed by atoms with Gasteiger partial charge in [-0.15, -0.1) is 0 Å². The van der Waals surface area contributed by atoms with Crippen molar-refractivity contribution in [3.05, 3.63) is 93.5 Å². The van der Waals surface area contributed by atoms with E-state index in [1.165, 1.54) is 5.56 Å². The van der Waals surface area contributed by atoms with Gasteiger partial charge in [-0.2, -0.15) is 5.10 Å². The van der Waals surface area contributed by atoms with Gasteiger partial charge in [-0.1, -0.05) is 61.0 Å². The van der Waals surface area contributed by atoms with E-state index in [-0.39, 0.29) is 17.7 Å². The van der Waals surface area contributed by atoms with E-state index in [0.29, 0.717) is 0 Å². The number of hydrazone groups is 1. The number of fused-ring (bicyclic) bond motifs is 3. The summed E-state index contributed by atoms with van der Waals surface area (Å²) in [6.45, 7) is 6.69. The van der Waals surface area contributed by atoms with Crippen LogP contribution in [0.2, 0.25) is 0 Å². The van der Waals surface area contributed by atoms with Crippen molar-refractivity contribution in [1.29, 1.82) is 0 Å². The smallest absolute Gasteiger partial charge is 0.213 e. The van der Waals surface area contributed by atoms with E-state index < -0.39 is 0 Å². The molecule has 2 aliphatic heterocycles. The van der Waals surface area contributed by atoms with Gasteiger partial charge in [0.25, 0.3) is 0 Å². The topological polar surface area (TPSA) is 34.1 Å². The zero-order valence-corrected chi connectivity index (χ0v) is 20.4. The van der Waals surface area contributed by atoms with Crippen LogP contribution in [-0.2, 0) is 5.41 Å². The highest BCUT2D eigenvalue weighted by atomic mass is 79.9. The maximum Gasteiger partial charge on any atom is 0.213 e. The molecule has 0 aromatic heterocycles. The SMILES string of the molecule is COc1ccc(C2=NN3[C@H](C2)c2cc(Br)ccc2O[C@@H]3c2ccc(C(C)(C)C)cc2)cc1. The molecule has 2 aliphatic rings. The number of nitrogens with zero attached hydrogens (tertiary/aromatic N) is 2.